The van der Waals surface area contributed by atoms with Crippen molar-refractivity contribution in [3.8, 4) is 0 Å². The lowest BCUT2D eigenvalue weighted by Gasteiger charge is -2.28. The van der Waals surface area contributed by atoms with Gasteiger partial charge in [0.1, 0.15) is 4.34 Å². The fourth-order valence-electron chi connectivity index (χ4n) is 2.27. The Morgan fingerprint density at radius 3 is 3.06 bits per heavy atom. The molecule has 1 aliphatic carbocycles. The molecule has 0 aromatic carbocycles. The highest BCUT2D eigenvalue weighted by Crippen LogP contribution is 2.32. The fraction of sp³-hybridized carbons (Fsp3) is 0.667. The van der Waals surface area contributed by atoms with Gasteiger partial charge >= 0.3 is 0 Å². The predicted molar refractivity (Wildman–Crippen MR) is 83.4 cm³/mol. The summed E-state index contributed by atoms with van der Waals surface area (Å²) in [6.07, 6.45) is 7.59. The van der Waals surface area contributed by atoms with Crippen molar-refractivity contribution < 1.29 is 0 Å². The number of thiophene rings is 1. The first kappa shape index (κ1) is 14.2. The lowest BCUT2D eigenvalue weighted by molar-refractivity contribution is 0.381. The molecule has 0 amide bonds. The molecule has 2 rings (SSSR count). The van der Waals surface area contributed by atoms with Crippen LogP contribution in [0.25, 0.3) is 0 Å². The summed E-state index contributed by atoms with van der Waals surface area (Å²) < 4.78 is 1.87. The van der Waals surface area contributed by atoms with Crippen molar-refractivity contribution in [1.82, 2.24) is 5.32 Å². The minimum absolute atomic E-state index is 0.681. The van der Waals surface area contributed by atoms with Crippen molar-refractivity contribution in [2.75, 3.05) is 6.26 Å². The van der Waals surface area contributed by atoms with E-state index in [-0.39, 0.29) is 0 Å². The lowest BCUT2D eigenvalue weighted by Crippen LogP contribution is -2.34. The Balaban J connectivity index is 1.81. The molecule has 0 spiro atoms. The van der Waals surface area contributed by atoms with Gasteiger partial charge in [-0.15, -0.1) is 11.3 Å². The van der Waals surface area contributed by atoms with Crippen molar-refractivity contribution in [2.45, 2.75) is 43.5 Å². The Morgan fingerprint density at radius 2 is 2.41 bits per heavy atom. The molecule has 1 aromatic heterocycles. The number of halogens is 2. The van der Waals surface area contributed by atoms with E-state index >= 15 is 0 Å². The van der Waals surface area contributed by atoms with E-state index in [0.29, 0.717) is 6.04 Å². The summed E-state index contributed by atoms with van der Waals surface area (Å²) in [5, 5.41) is 4.51. The molecule has 17 heavy (non-hydrogen) atoms. The van der Waals surface area contributed by atoms with Gasteiger partial charge < -0.3 is 5.32 Å². The van der Waals surface area contributed by atoms with E-state index in [9.17, 15) is 0 Å². The van der Waals surface area contributed by atoms with Crippen LogP contribution in [-0.2, 0) is 6.54 Å². The third kappa shape index (κ3) is 4.13. The quantitative estimate of drug-likeness (QED) is 0.823. The Kier molecular flexibility index (Phi) is 5.68. The van der Waals surface area contributed by atoms with Gasteiger partial charge in [0.15, 0.2) is 0 Å². The summed E-state index contributed by atoms with van der Waals surface area (Å²) in [4.78, 5) is 1.31. The molecule has 1 aromatic rings. The van der Waals surface area contributed by atoms with Gasteiger partial charge in [0, 0.05) is 27.2 Å². The summed E-state index contributed by atoms with van der Waals surface area (Å²) in [6, 6.07) is 2.80. The van der Waals surface area contributed by atoms with Crippen LogP contribution < -0.4 is 5.32 Å². The van der Waals surface area contributed by atoms with E-state index in [2.05, 4.69) is 33.6 Å². The molecule has 0 radical (unpaired) electrons. The zero-order valence-electron chi connectivity index (χ0n) is 9.84. The highest BCUT2D eigenvalue weighted by atomic mass is 79.9. The SMILES string of the molecule is CSC1CCCC(NCc2cc(Br)c(Cl)s2)C1. The minimum atomic E-state index is 0.681. The molecular weight excluding hydrogens is 338 g/mol. The van der Waals surface area contributed by atoms with E-state index < -0.39 is 0 Å². The summed E-state index contributed by atoms with van der Waals surface area (Å²) in [7, 11) is 0. The number of hydrogen-bond acceptors (Lipinski definition) is 3. The fourth-order valence-corrected chi connectivity index (χ4v) is 4.84. The average molecular weight is 355 g/mol. The standard InChI is InChI=1S/C12H17BrClNS2/c1-16-9-4-2-3-8(5-9)15-7-10-6-11(13)12(14)17-10/h6,8-9,15H,2-5,7H2,1H3. The highest BCUT2D eigenvalue weighted by Gasteiger charge is 2.20. The van der Waals surface area contributed by atoms with E-state index in [1.165, 1.54) is 30.6 Å². The first-order valence-electron chi connectivity index (χ1n) is 5.89. The Hall–Kier alpha value is 0.780. The van der Waals surface area contributed by atoms with E-state index in [0.717, 1.165) is 20.6 Å². The smallest absolute Gasteiger partial charge is 0.107 e. The first-order valence-corrected chi connectivity index (χ1v) is 9.16. The highest BCUT2D eigenvalue weighted by molar-refractivity contribution is 9.10. The van der Waals surface area contributed by atoms with Crippen LogP contribution in [0.4, 0.5) is 0 Å². The van der Waals surface area contributed by atoms with Crippen LogP contribution >= 0.6 is 50.6 Å². The zero-order valence-corrected chi connectivity index (χ0v) is 13.8. The largest absolute Gasteiger partial charge is 0.309 e. The summed E-state index contributed by atoms with van der Waals surface area (Å²) in [6.45, 7) is 0.946. The van der Waals surface area contributed by atoms with Gasteiger partial charge in [-0.1, -0.05) is 18.0 Å². The zero-order chi connectivity index (χ0) is 12.3. The van der Waals surface area contributed by atoms with Crippen molar-refractivity contribution in [1.29, 1.82) is 0 Å². The van der Waals surface area contributed by atoms with Crippen molar-refractivity contribution in [3.05, 3.63) is 19.8 Å². The van der Waals surface area contributed by atoms with Gasteiger partial charge in [0.25, 0.3) is 0 Å². The number of hydrogen-bond donors (Lipinski definition) is 1. The number of rotatable bonds is 4. The predicted octanol–water partition coefficient (Wildman–Crippen LogP) is 4.93. The van der Waals surface area contributed by atoms with Crippen LogP contribution in [0.1, 0.15) is 30.6 Å². The molecule has 96 valence electrons. The molecule has 1 aliphatic rings. The van der Waals surface area contributed by atoms with Gasteiger partial charge in [0.2, 0.25) is 0 Å². The molecule has 2 atom stereocenters. The van der Waals surface area contributed by atoms with Gasteiger partial charge in [-0.05, 0) is 47.5 Å². The molecule has 2 unspecified atom stereocenters. The van der Waals surface area contributed by atoms with Gasteiger partial charge in [0.05, 0.1) is 0 Å². The van der Waals surface area contributed by atoms with E-state index in [1.54, 1.807) is 11.3 Å². The monoisotopic (exact) mass is 353 g/mol. The Labute approximate surface area is 125 Å². The van der Waals surface area contributed by atoms with Gasteiger partial charge in [-0.25, -0.2) is 0 Å². The second-order valence-corrected chi connectivity index (χ2v) is 8.17. The van der Waals surface area contributed by atoms with Crippen LogP contribution in [0.2, 0.25) is 4.34 Å². The third-order valence-corrected chi connectivity index (χ3v) is 6.79. The van der Waals surface area contributed by atoms with E-state index in [1.807, 2.05) is 11.8 Å². The Bertz CT molecular complexity index is 350. The van der Waals surface area contributed by atoms with Crippen LogP contribution in [0.15, 0.2) is 10.5 Å². The summed E-state index contributed by atoms with van der Waals surface area (Å²) >= 11 is 13.2. The van der Waals surface area contributed by atoms with Gasteiger partial charge in [-0.2, -0.15) is 11.8 Å². The molecule has 1 saturated carbocycles. The van der Waals surface area contributed by atoms with Crippen molar-refractivity contribution in [3.63, 3.8) is 0 Å². The van der Waals surface area contributed by atoms with E-state index in [4.69, 9.17) is 11.6 Å². The van der Waals surface area contributed by atoms with Crippen LogP contribution in [0.5, 0.6) is 0 Å². The van der Waals surface area contributed by atoms with Crippen LogP contribution in [0.3, 0.4) is 0 Å². The maximum atomic E-state index is 6.04. The molecule has 5 heteroatoms. The molecular formula is C12H17BrClNS2. The second-order valence-electron chi connectivity index (χ2n) is 4.44. The molecule has 0 aliphatic heterocycles. The van der Waals surface area contributed by atoms with Gasteiger partial charge in [-0.3, -0.25) is 0 Å². The number of nitrogens with one attached hydrogen (secondary N) is 1. The minimum Gasteiger partial charge on any atom is -0.309 e. The topological polar surface area (TPSA) is 12.0 Å². The molecule has 0 saturated heterocycles. The lowest BCUT2D eigenvalue weighted by atomic mass is 9.95. The second kappa shape index (κ2) is 6.80. The molecule has 0 bridgehead atoms. The first-order chi connectivity index (χ1) is 8.19. The van der Waals surface area contributed by atoms with Crippen LogP contribution in [0, 0.1) is 0 Å². The maximum absolute atomic E-state index is 6.04. The average Bonchev–Trinajstić information content (AvgIpc) is 2.67. The third-order valence-electron chi connectivity index (χ3n) is 3.22. The maximum Gasteiger partial charge on any atom is 0.107 e. The molecule has 1 heterocycles. The molecule has 1 N–H and O–H groups in total. The summed E-state index contributed by atoms with van der Waals surface area (Å²) in [5.74, 6) is 0. The van der Waals surface area contributed by atoms with Crippen LogP contribution in [-0.4, -0.2) is 17.5 Å². The Morgan fingerprint density at radius 1 is 1.59 bits per heavy atom. The number of thioether (sulfide) groups is 1. The molecule has 1 fully saturated rings. The van der Waals surface area contributed by atoms with Crippen molar-refractivity contribution in [2.24, 2.45) is 0 Å². The normalized spacial score (nSPS) is 25.1. The molecule has 1 nitrogen and oxygen atoms in total. The summed E-state index contributed by atoms with van der Waals surface area (Å²) in [5.41, 5.74) is 0. The van der Waals surface area contributed by atoms with Crippen molar-refractivity contribution >= 4 is 50.6 Å².